The van der Waals surface area contributed by atoms with Crippen LogP contribution >= 0.6 is 15.9 Å². The Labute approximate surface area is 114 Å². The molecule has 0 atom stereocenters. The number of rotatable bonds is 4. The zero-order valence-electron chi connectivity index (χ0n) is 9.66. The highest BCUT2D eigenvalue weighted by atomic mass is 79.9. The zero-order chi connectivity index (χ0) is 13.0. The Balaban J connectivity index is 2.02. The Morgan fingerprint density at radius 3 is 2.33 bits per heavy atom. The molecule has 0 aliphatic heterocycles. The van der Waals surface area contributed by atoms with Crippen molar-refractivity contribution in [2.24, 2.45) is 0 Å². The minimum atomic E-state index is -0.264. The van der Waals surface area contributed by atoms with Gasteiger partial charge >= 0.3 is 0 Å². The van der Waals surface area contributed by atoms with Crippen LogP contribution in [-0.4, -0.2) is 5.11 Å². The predicted molar refractivity (Wildman–Crippen MR) is 73.8 cm³/mol. The summed E-state index contributed by atoms with van der Waals surface area (Å²) in [5.41, 5.74) is 2.84. The fourth-order valence-electron chi connectivity index (χ4n) is 1.59. The minimum absolute atomic E-state index is 0.0528. The van der Waals surface area contributed by atoms with E-state index in [-0.39, 0.29) is 12.4 Å². The molecule has 2 aromatic carbocycles. The van der Waals surface area contributed by atoms with Gasteiger partial charge in [0.1, 0.15) is 5.82 Å². The summed E-state index contributed by atoms with van der Waals surface area (Å²) in [7, 11) is 0. The first-order valence-corrected chi connectivity index (χ1v) is 6.36. The van der Waals surface area contributed by atoms with Crippen molar-refractivity contribution in [1.82, 2.24) is 0 Å². The van der Waals surface area contributed by atoms with Gasteiger partial charge in [0.25, 0.3) is 0 Å². The van der Waals surface area contributed by atoms with E-state index in [2.05, 4.69) is 21.2 Å². The van der Waals surface area contributed by atoms with Gasteiger partial charge in [-0.25, -0.2) is 4.39 Å². The molecule has 0 heterocycles. The first kappa shape index (κ1) is 13.1. The zero-order valence-corrected chi connectivity index (χ0v) is 11.2. The molecule has 2 aromatic rings. The van der Waals surface area contributed by atoms with E-state index in [1.165, 1.54) is 12.1 Å². The first-order chi connectivity index (χ1) is 8.69. The molecule has 2 nitrogen and oxygen atoms in total. The van der Waals surface area contributed by atoms with Crippen molar-refractivity contribution < 1.29 is 9.50 Å². The van der Waals surface area contributed by atoms with Crippen LogP contribution in [0.25, 0.3) is 0 Å². The van der Waals surface area contributed by atoms with Crippen molar-refractivity contribution in [3.8, 4) is 0 Å². The quantitative estimate of drug-likeness (QED) is 0.902. The molecule has 0 amide bonds. The predicted octanol–water partition coefficient (Wildman–Crippen LogP) is 3.69. The molecule has 2 N–H and O–H groups in total. The highest BCUT2D eigenvalue weighted by Gasteiger charge is 2.01. The van der Waals surface area contributed by atoms with Gasteiger partial charge in [0.2, 0.25) is 0 Å². The summed E-state index contributed by atoms with van der Waals surface area (Å²) in [6, 6.07) is 12.2. The summed E-state index contributed by atoms with van der Waals surface area (Å²) < 4.78 is 13.6. The van der Waals surface area contributed by atoms with Crippen molar-refractivity contribution in [1.29, 1.82) is 0 Å². The number of hydrogen-bond donors (Lipinski definition) is 2. The lowest BCUT2D eigenvalue weighted by atomic mass is 10.1. The summed E-state index contributed by atoms with van der Waals surface area (Å²) in [6.45, 7) is 0.702. The molecule has 4 heteroatoms. The molecule has 2 rings (SSSR count). The normalized spacial score (nSPS) is 10.4. The van der Waals surface area contributed by atoms with Crippen LogP contribution in [0, 0.1) is 5.82 Å². The molecule has 0 radical (unpaired) electrons. The molecule has 0 fully saturated rings. The number of nitrogens with one attached hydrogen (secondary N) is 1. The van der Waals surface area contributed by atoms with E-state index in [0.29, 0.717) is 11.0 Å². The highest BCUT2D eigenvalue weighted by Crippen LogP contribution is 2.23. The third-order valence-electron chi connectivity index (χ3n) is 2.62. The second-order valence-corrected chi connectivity index (χ2v) is 4.81. The van der Waals surface area contributed by atoms with Gasteiger partial charge in [-0.1, -0.05) is 24.3 Å². The highest BCUT2D eigenvalue weighted by molar-refractivity contribution is 9.10. The molecule has 18 heavy (non-hydrogen) atoms. The van der Waals surface area contributed by atoms with Crippen LogP contribution in [0.15, 0.2) is 46.9 Å². The Kier molecular flexibility index (Phi) is 4.33. The van der Waals surface area contributed by atoms with E-state index in [4.69, 9.17) is 5.11 Å². The fraction of sp³-hybridized carbons (Fsp3) is 0.143. The van der Waals surface area contributed by atoms with Crippen molar-refractivity contribution in [2.75, 3.05) is 5.32 Å². The van der Waals surface area contributed by atoms with Gasteiger partial charge in [-0.2, -0.15) is 0 Å². The van der Waals surface area contributed by atoms with Crippen LogP contribution in [0.4, 0.5) is 10.1 Å². The number of hydrogen-bond acceptors (Lipinski definition) is 2. The van der Waals surface area contributed by atoms with Gasteiger partial charge in [-0.15, -0.1) is 0 Å². The van der Waals surface area contributed by atoms with Crippen molar-refractivity contribution >= 4 is 21.6 Å². The molecule has 0 aliphatic rings. The van der Waals surface area contributed by atoms with Crippen LogP contribution in [0.1, 0.15) is 11.1 Å². The number of aliphatic hydroxyl groups is 1. The Morgan fingerprint density at radius 1 is 1.06 bits per heavy atom. The molecule has 0 bridgehead atoms. The van der Waals surface area contributed by atoms with Gasteiger partial charge in [-0.05, 0) is 45.3 Å². The van der Waals surface area contributed by atoms with Crippen LogP contribution in [0.2, 0.25) is 0 Å². The molecule has 0 saturated carbocycles. The smallest absolute Gasteiger partial charge is 0.124 e. The summed E-state index contributed by atoms with van der Waals surface area (Å²) in [6.07, 6.45) is 0. The lowest BCUT2D eigenvalue weighted by Crippen LogP contribution is -2.00. The lowest BCUT2D eigenvalue weighted by molar-refractivity contribution is 0.282. The molecule has 94 valence electrons. The summed E-state index contributed by atoms with van der Waals surface area (Å²) >= 11 is 3.31. The first-order valence-electron chi connectivity index (χ1n) is 5.56. The summed E-state index contributed by atoms with van der Waals surface area (Å²) in [5.74, 6) is -0.264. The SMILES string of the molecule is OCc1ccc(CNc2ccc(F)cc2Br)cc1. The van der Waals surface area contributed by atoms with E-state index in [9.17, 15) is 4.39 Å². The molecule has 0 saturated heterocycles. The molecule has 0 aromatic heterocycles. The maximum atomic E-state index is 12.9. The molecular weight excluding hydrogens is 297 g/mol. The van der Waals surface area contributed by atoms with Gasteiger partial charge < -0.3 is 10.4 Å². The second kappa shape index (κ2) is 5.98. The van der Waals surface area contributed by atoms with Crippen LogP contribution in [-0.2, 0) is 13.2 Å². The number of benzene rings is 2. The maximum Gasteiger partial charge on any atom is 0.124 e. The molecule has 0 spiro atoms. The molecule has 0 aliphatic carbocycles. The van der Waals surface area contributed by atoms with E-state index in [1.807, 2.05) is 24.3 Å². The standard InChI is InChI=1S/C14H13BrFNO/c15-13-7-12(16)5-6-14(13)17-8-10-1-3-11(9-18)4-2-10/h1-7,17-18H,8-9H2. The number of halogens is 2. The Morgan fingerprint density at radius 2 is 1.72 bits per heavy atom. The third-order valence-corrected chi connectivity index (χ3v) is 3.28. The number of anilines is 1. The average molecular weight is 310 g/mol. The van der Waals surface area contributed by atoms with Gasteiger partial charge in [0.15, 0.2) is 0 Å². The topological polar surface area (TPSA) is 32.3 Å². The molecular formula is C14H13BrFNO. The largest absolute Gasteiger partial charge is 0.392 e. The van der Waals surface area contributed by atoms with Crippen LogP contribution in [0.5, 0.6) is 0 Å². The van der Waals surface area contributed by atoms with E-state index < -0.39 is 0 Å². The Bertz CT molecular complexity index is 528. The van der Waals surface area contributed by atoms with Gasteiger partial charge in [0, 0.05) is 16.7 Å². The van der Waals surface area contributed by atoms with E-state index in [0.717, 1.165) is 16.8 Å². The summed E-state index contributed by atoms with van der Waals surface area (Å²) in [4.78, 5) is 0. The van der Waals surface area contributed by atoms with Crippen molar-refractivity contribution in [3.05, 3.63) is 63.9 Å². The van der Waals surface area contributed by atoms with Gasteiger partial charge in [0.05, 0.1) is 6.61 Å². The second-order valence-electron chi connectivity index (χ2n) is 3.95. The lowest BCUT2D eigenvalue weighted by Gasteiger charge is -2.09. The monoisotopic (exact) mass is 309 g/mol. The van der Waals surface area contributed by atoms with Crippen LogP contribution < -0.4 is 5.32 Å². The van der Waals surface area contributed by atoms with Crippen molar-refractivity contribution in [3.63, 3.8) is 0 Å². The number of aliphatic hydroxyl groups excluding tert-OH is 1. The van der Waals surface area contributed by atoms with Crippen molar-refractivity contribution in [2.45, 2.75) is 13.2 Å². The average Bonchev–Trinajstić information content (AvgIpc) is 2.38. The minimum Gasteiger partial charge on any atom is -0.392 e. The van der Waals surface area contributed by atoms with E-state index in [1.54, 1.807) is 6.07 Å². The maximum absolute atomic E-state index is 12.9. The summed E-state index contributed by atoms with van der Waals surface area (Å²) in [5, 5.41) is 12.2. The molecule has 0 unspecified atom stereocenters. The van der Waals surface area contributed by atoms with E-state index >= 15 is 0 Å². The third kappa shape index (κ3) is 3.31. The Hall–Kier alpha value is -1.39. The van der Waals surface area contributed by atoms with Crippen LogP contribution in [0.3, 0.4) is 0 Å². The fourth-order valence-corrected chi connectivity index (χ4v) is 2.08. The van der Waals surface area contributed by atoms with Gasteiger partial charge in [-0.3, -0.25) is 0 Å².